The van der Waals surface area contributed by atoms with Gasteiger partial charge in [-0.3, -0.25) is 4.79 Å². The smallest absolute Gasteiger partial charge is 0.243 e. The first-order valence-corrected chi connectivity index (χ1v) is 9.08. The minimum absolute atomic E-state index is 0.0738. The van der Waals surface area contributed by atoms with Gasteiger partial charge < -0.3 is 15.4 Å². The van der Waals surface area contributed by atoms with Crippen LogP contribution in [0.1, 0.15) is 0 Å². The molecule has 0 fully saturated rings. The number of amides is 1. The Labute approximate surface area is 151 Å². The lowest BCUT2D eigenvalue weighted by Crippen LogP contribution is -2.23. The summed E-state index contributed by atoms with van der Waals surface area (Å²) in [5.74, 6) is -0.374. The minimum Gasteiger partial charge on any atom is -0.495 e. The van der Waals surface area contributed by atoms with Crippen molar-refractivity contribution in [1.82, 2.24) is 4.31 Å². The number of hydrogen-bond acceptors (Lipinski definition) is 5. The highest BCUT2D eigenvalue weighted by atomic mass is 32.2. The maximum absolute atomic E-state index is 12.9. The molecule has 0 aromatic heterocycles. The fourth-order valence-electron chi connectivity index (χ4n) is 2.11. The van der Waals surface area contributed by atoms with Crippen molar-refractivity contribution >= 4 is 27.3 Å². The Morgan fingerprint density at radius 2 is 1.81 bits per heavy atom. The normalized spacial score (nSPS) is 11.3. The molecule has 0 aliphatic carbocycles. The molecule has 0 aliphatic heterocycles. The van der Waals surface area contributed by atoms with E-state index in [2.05, 4.69) is 10.6 Å². The Bertz CT molecular complexity index is 883. The lowest BCUT2D eigenvalue weighted by molar-refractivity contribution is -0.114. The minimum atomic E-state index is -3.61. The van der Waals surface area contributed by atoms with Crippen LogP contribution in [0.25, 0.3) is 0 Å². The van der Waals surface area contributed by atoms with Crippen LogP contribution in [0, 0.1) is 5.82 Å². The average Bonchev–Trinajstić information content (AvgIpc) is 2.61. The van der Waals surface area contributed by atoms with E-state index >= 15 is 0 Å². The van der Waals surface area contributed by atoms with E-state index in [0.717, 1.165) is 4.31 Å². The summed E-state index contributed by atoms with van der Waals surface area (Å²) in [6.07, 6.45) is 0. The molecule has 26 heavy (non-hydrogen) atoms. The van der Waals surface area contributed by atoms with Gasteiger partial charge in [0.05, 0.1) is 24.2 Å². The second kappa shape index (κ2) is 8.15. The van der Waals surface area contributed by atoms with Crippen molar-refractivity contribution in [2.75, 3.05) is 38.4 Å². The summed E-state index contributed by atoms with van der Waals surface area (Å²) >= 11 is 0. The highest BCUT2D eigenvalue weighted by molar-refractivity contribution is 7.89. The summed E-state index contributed by atoms with van der Waals surface area (Å²) in [4.78, 5) is 12.1. The van der Waals surface area contributed by atoms with Crippen LogP contribution >= 0.6 is 0 Å². The number of nitrogens with zero attached hydrogens (tertiary/aromatic N) is 1. The van der Waals surface area contributed by atoms with E-state index < -0.39 is 15.8 Å². The van der Waals surface area contributed by atoms with Gasteiger partial charge in [0, 0.05) is 19.8 Å². The molecule has 1 amide bonds. The molecule has 140 valence electrons. The molecule has 0 bridgehead atoms. The summed E-state index contributed by atoms with van der Waals surface area (Å²) < 4.78 is 43.6. The number of hydrogen-bond donors (Lipinski definition) is 2. The number of carbonyl (C=O) groups is 1. The van der Waals surface area contributed by atoms with Crippen LogP contribution in [0.3, 0.4) is 0 Å². The number of nitrogens with one attached hydrogen (secondary N) is 2. The SMILES string of the molecule is COc1ccc(S(=O)(=O)N(C)C)cc1NCC(=O)Nc1ccc(F)cc1. The number of ether oxygens (including phenoxy) is 1. The Morgan fingerprint density at radius 3 is 2.38 bits per heavy atom. The van der Waals surface area contributed by atoms with Crippen LogP contribution in [-0.4, -0.2) is 46.4 Å². The number of halogens is 1. The van der Waals surface area contributed by atoms with Crippen molar-refractivity contribution in [1.29, 1.82) is 0 Å². The van der Waals surface area contributed by atoms with E-state index in [9.17, 15) is 17.6 Å². The van der Waals surface area contributed by atoms with Crippen LogP contribution in [0.5, 0.6) is 5.75 Å². The third-order valence-corrected chi connectivity index (χ3v) is 5.33. The average molecular weight is 381 g/mol. The molecule has 2 aromatic carbocycles. The zero-order valence-electron chi connectivity index (χ0n) is 14.6. The molecular weight excluding hydrogens is 361 g/mol. The van der Waals surface area contributed by atoms with Crippen LogP contribution in [-0.2, 0) is 14.8 Å². The van der Waals surface area contributed by atoms with E-state index in [1.165, 1.54) is 63.7 Å². The summed E-state index contributed by atoms with van der Waals surface area (Å²) in [6, 6.07) is 9.70. The maximum Gasteiger partial charge on any atom is 0.243 e. The van der Waals surface area contributed by atoms with Crippen molar-refractivity contribution in [2.45, 2.75) is 4.90 Å². The molecule has 2 N–H and O–H groups in total. The van der Waals surface area contributed by atoms with E-state index in [-0.39, 0.29) is 17.3 Å². The number of benzene rings is 2. The fourth-order valence-corrected chi connectivity index (χ4v) is 3.04. The molecule has 0 unspecified atom stereocenters. The highest BCUT2D eigenvalue weighted by Crippen LogP contribution is 2.28. The molecular formula is C17H20FN3O4S. The van der Waals surface area contributed by atoms with E-state index in [1.807, 2.05) is 0 Å². The third-order valence-electron chi connectivity index (χ3n) is 3.52. The van der Waals surface area contributed by atoms with Gasteiger partial charge in [-0.1, -0.05) is 0 Å². The number of sulfonamides is 1. The second-order valence-corrected chi connectivity index (χ2v) is 7.71. The predicted molar refractivity (Wildman–Crippen MR) is 97.4 cm³/mol. The van der Waals surface area contributed by atoms with Gasteiger partial charge in [0.25, 0.3) is 0 Å². The quantitative estimate of drug-likeness (QED) is 0.767. The summed E-state index contributed by atoms with van der Waals surface area (Å²) in [6.45, 7) is -0.126. The van der Waals surface area contributed by atoms with Crippen molar-refractivity contribution in [3.63, 3.8) is 0 Å². The zero-order chi connectivity index (χ0) is 19.3. The van der Waals surface area contributed by atoms with Crippen LogP contribution in [0.2, 0.25) is 0 Å². The monoisotopic (exact) mass is 381 g/mol. The summed E-state index contributed by atoms with van der Waals surface area (Å²) in [5, 5.41) is 5.46. The molecule has 7 nitrogen and oxygen atoms in total. The Kier molecular flexibility index (Phi) is 6.17. The van der Waals surface area contributed by atoms with Crippen molar-refractivity contribution in [3.05, 3.63) is 48.3 Å². The van der Waals surface area contributed by atoms with Gasteiger partial charge in [0.2, 0.25) is 15.9 Å². The first-order chi connectivity index (χ1) is 12.2. The summed E-state index contributed by atoms with van der Waals surface area (Å²) in [5.41, 5.74) is 0.818. The topological polar surface area (TPSA) is 87.7 Å². The molecule has 0 aliphatic rings. The van der Waals surface area contributed by atoms with Crippen LogP contribution in [0.4, 0.5) is 15.8 Å². The fraction of sp³-hybridized carbons (Fsp3) is 0.235. The predicted octanol–water partition coefficient (Wildman–Crippen LogP) is 2.14. The lowest BCUT2D eigenvalue weighted by Gasteiger charge is -2.15. The molecule has 9 heteroatoms. The van der Waals surface area contributed by atoms with Gasteiger partial charge in [0.15, 0.2) is 0 Å². The molecule has 0 saturated carbocycles. The molecule has 0 spiro atoms. The lowest BCUT2D eigenvalue weighted by atomic mass is 10.3. The van der Waals surface area contributed by atoms with Crippen molar-refractivity contribution < 1.29 is 22.3 Å². The zero-order valence-corrected chi connectivity index (χ0v) is 15.4. The van der Waals surface area contributed by atoms with Crippen molar-refractivity contribution in [2.24, 2.45) is 0 Å². The number of anilines is 2. The number of rotatable bonds is 7. The Hall–Kier alpha value is -2.65. The highest BCUT2D eigenvalue weighted by Gasteiger charge is 2.19. The first-order valence-electron chi connectivity index (χ1n) is 7.64. The second-order valence-electron chi connectivity index (χ2n) is 5.56. The van der Waals surface area contributed by atoms with E-state index in [0.29, 0.717) is 17.1 Å². The van der Waals surface area contributed by atoms with Gasteiger partial charge in [-0.15, -0.1) is 0 Å². The van der Waals surface area contributed by atoms with Gasteiger partial charge in [-0.2, -0.15) is 0 Å². The molecule has 0 atom stereocenters. The van der Waals surface area contributed by atoms with Crippen molar-refractivity contribution in [3.8, 4) is 5.75 Å². The first kappa shape index (κ1) is 19.7. The Morgan fingerprint density at radius 1 is 1.15 bits per heavy atom. The van der Waals surface area contributed by atoms with Crippen LogP contribution < -0.4 is 15.4 Å². The maximum atomic E-state index is 12.9. The van der Waals surface area contributed by atoms with Gasteiger partial charge in [0.1, 0.15) is 11.6 Å². The molecule has 0 heterocycles. The van der Waals surface area contributed by atoms with Gasteiger partial charge in [-0.25, -0.2) is 17.1 Å². The third kappa shape index (κ3) is 4.70. The Balaban J connectivity index is 2.12. The van der Waals surface area contributed by atoms with Gasteiger partial charge in [-0.05, 0) is 42.5 Å². The van der Waals surface area contributed by atoms with Crippen LogP contribution in [0.15, 0.2) is 47.4 Å². The van der Waals surface area contributed by atoms with E-state index in [1.54, 1.807) is 0 Å². The number of methoxy groups -OCH3 is 1. The summed E-state index contributed by atoms with van der Waals surface area (Å²) in [7, 11) is 0.696. The number of carbonyl (C=O) groups excluding carboxylic acids is 1. The molecule has 2 aromatic rings. The molecule has 0 radical (unpaired) electrons. The van der Waals surface area contributed by atoms with E-state index in [4.69, 9.17) is 4.74 Å². The largest absolute Gasteiger partial charge is 0.495 e. The van der Waals surface area contributed by atoms with Gasteiger partial charge >= 0.3 is 0 Å². The molecule has 2 rings (SSSR count). The standard InChI is InChI=1S/C17H20FN3O4S/c1-21(2)26(23,24)14-8-9-16(25-3)15(10-14)19-11-17(22)20-13-6-4-12(18)5-7-13/h4-10,19H,11H2,1-3H3,(H,20,22). The molecule has 0 saturated heterocycles.